The van der Waals surface area contributed by atoms with E-state index in [0.717, 1.165) is 27.8 Å². The molecule has 1 unspecified atom stereocenters. The van der Waals surface area contributed by atoms with Crippen LogP contribution in [0.25, 0.3) is 0 Å². The van der Waals surface area contributed by atoms with Gasteiger partial charge < -0.3 is 10.0 Å². The third-order valence-corrected chi connectivity index (χ3v) is 5.09. The van der Waals surface area contributed by atoms with E-state index in [0.29, 0.717) is 6.42 Å². The molecule has 1 aromatic heterocycles. The van der Waals surface area contributed by atoms with E-state index in [1.807, 2.05) is 11.9 Å². The summed E-state index contributed by atoms with van der Waals surface area (Å²) in [6.45, 7) is 4.15. The lowest BCUT2D eigenvalue weighted by molar-refractivity contribution is -0.138. The second-order valence-electron chi connectivity index (χ2n) is 5.64. The first kappa shape index (κ1) is 14.1. The van der Waals surface area contributed by atoms with Crippen molar-refractivity contribution in [2.24, 2.45) is 0 Å². The zero-order valence-electron chi connectivity index (χ0n) is 12.4. The van der Waals surface area contributed by atoms with E-state index >= 15 is 0 Å². The molecule has 1 atom stereocenters. The molecule has 3 rings (SSSR count). The van der Waals surface area contributed by atoms with Gasteiger partial charge in [0.2, 0.25) is 0 Å². The van der Waals surface area contributed by atoms with Gasteiger partial charge in [0.1, 0.15) is 5.92 Å². The van der Waals surface area contributed by atoms with Crippen LogP contribution in [-0.4, -0.2) is 23.1 Å². The molecule has 1 aromatic carbocycles. The Hall–Kier alpha value is -1.88. The van der Waals surface area contributed by atoms with Crippen molar-refractivity contribution < 1.29 is 9.90 Å². The molecule has 4 nitrogen and oxygen atoms in total. The van der Waals surface area contributed by atoms with Crippen molar-refractivity contribution in [2.75, 3.05) is 11.9 Å². The molecular formula is C16H18N2O2S. The van der Waals surface area contributed by atoms with Gasteiger partial charge in [-0.3, -0.25) is 4.79 Å². The summed E-state index contributed by atoms with van der Waals surface area (Å²) in [4.78, 5) is 19.0. The fraction of sp³-hybridized carbons (Fsp3) is 0.375. The van der Waals surface area contributed by atoms with Crippen LogP contribution in [0.4, 0.5) is 10.8 Å². The van der Waals surface area contributed by atoms with Crippen molar-refractivity contribution in [3.63, 3.8) is 0 Å². The molecule has 0 fully saturated rings. The Balaban J connectivity index is 1.95. The fourth-order valence-electron chi connectivity index (χ4n) is 2.85. The van der Waals surface area contributed by atoms with Crippen molar-refractivity contribution in [1.82, 2.24) is 4.98 Å². The topological polar surface area (TPSA) is 53.4 Å². The normalized spacial score (nSPS) is 16.8. The van der Waals surface area contributed by atoms with E-state index < -0.39 is 11.9 Å². The SMILES string of the molecule is Cc1cc(C)cc(N(C)c2nc3c(s2)CCC3C(=O)O)c1. The van der Waals surface area contributed by atoms with E-state index in [9.17, 15) is 9.90 Å². The van der Waals surface area contributed by atoms with Crippen molar-refractivity contribution >= 4 is 28.1 Å². The lowest BCUT2D eigenvalue weighted by Crippen LogP contribution is -2.12. The van der Waals surface area contributed by atoms with Gasteiger partial charge in [-0.25, -0.2) is 4.98 Å². The Morgan fingerprint density at radius 3 is 2.62 bits per heavy atom. The fourth-order valence-corrected chi connectivity index (χ4v) is 3.97. The molecule has 1 N–H and O–H groups in total. The molecule has 1 aliphatic rings. The summed E-state index contributed by atoms with van der Waals surface area (Å²) in [7, 11) is 1.98. The van der Waals surface area contributed by atoms with E-state index in [1.165, 1.54) is 11.1 Å². The highest BCUT2D eigenvalue weighted by molar-refractivity contribution is 7.15. The minimum atomic E-state index is -0.764. The van der Waals surface area contributed by atoms with Crippen molar-refractivity contribution in [3.05, 3.63) is 39.9 Å². The predicted molar refractivity (Wildman–Crippen MR) is 84.8 cm³/mol. The van der Waals surface area contributed by atoms with Crippen LogP contribution in [0.5, 0.6) is 0 Å². The van der Waals surface area contributed by atoms with Gasteiger partial charge in [0, 0.05) is 17.6 Å². The Labute approximate surface area is 128 Å². The zero-order chi connectivity index (χ0) is 15.1. The third kappa shape index (κ3) is 2.53. The Bertz CT molecular complexity index is 688. The van der Waals surface area contributed by atoms with Crippen molar-refractivity contribution in [3.8, 4) is 0 Å². The third-order valence-electron chi connectivity index (χ3n) is 3.89. The molecule has 0 spiro atoms. The average Bonchev–Trinajstić information content (AvgIpc) is 2.95. The highest BCUT2D eigenvalue weighted by Crippen LogP contribution is 2.40. The van der Waals surface area contributed by atoms with Crippen LogP contribution in [0.3, 0.4) is 0 Å². The first-order valence-corrected chi connectivity index (χ1v) is 7.82. The second kappa shape index (κ2) is 5.15. The molecule has 0 amide bonds. The van der Waals surface area contributed by atoms with E-state index in [1.54, 1.807) is 11.3 Å². The zero-order valence-corrected chi connectivity index (χ0v) is 13.2. The minimum absolute atomic E-state index is 0.433. The number of aryl methyl sites for hydroxylation is 3. The van der Waals surface area contributed by atoms with Crippen LogP contribution in [0, 0.1) is 13.8 Å². The lowest BCUT2D eigenvalue weighted by atomic mass is 10.1. The van der Waals surface area contributed by atoms with Gasteiger partial charge >= 0.3 is 5.97 Å². The van der Waals surface area contributed by atoms with Crippen LogP contribution < -0.4 is 4.90 Å². The maximum Gasteiger partial charge on any atom is 0.312 e. The van der Waals surface area contributed by atoms with Crippen LogP contribution in [0.15, 0.2) is 18.2 Å². The Morgan fingerprint density at radius 2 is 2.00 bits per heavy atom. The second-order valence-corrected chi connectivity index (χ2v) is 6.70. The van der Waals surface area contributed by atoms with Crippen LogP contribution in [0.1, 0.15) is 34.0 Å². The van der Waals surface area contributed by atoms with Gasteiger partial charge in [-0.2, -0.15) is 0 Å². The number of carboxylic acids is 1. The van der Waals surface area contributed by atoms with Crippen LogP contribution in [0.2, 0.25) is 0 Å². The molecule has 0 saturated heterocycles. The molecule has 0 aliphatic heterocycles. The maximum absolute atomic E-state index is 11.3. The summed E-state index contributed by atoms with van der Waals surface area (Å²) in [6, 6.07) is 6.38. The van der Waals surface area contributed by atoms with Crippen molar-refractivity contribution in [1.29, 1.82) is 0 Å². The average molecular weight is 302 g/mol. The molecule has 0 bridgehead atoms. The van der Waals surface area contributed by atoms with E-state index in [-0.39, 0.29) is 0 Å². The minimum Gasteiger partial charge on any atom is -0.481 e. The number of carbonyl (C=O) groups is 1. The summed E-state index contributed by atoms with van der Waals surface area (Å²) >= 11 is 1.61. The number of rotatable bonds is 3. The number of hydrogen-bond acceptors (Lipinski definition) is 4. The molecule has 0 radical (unpaired) electrons. The number of anilines is 2. The largest absolute Gasteiger partial charge is 0.481 e. The number of thiazole rings is 1. The first-order valence-electron chi connectivity index (χ1n) is 7.00. The highest BCUT2D eigenvalue weighted by atomic mass is 32.1. The number of carboxylic acid groups (broad SMARTS) is 1. The quantitative estimate of drug-likeness (QED) is 0.940. The van der Waals surface area contributed by atoms with Gasteiger partial charge in [0.05, 0.1) is 5.69 Å². The van der Waals surface area contributed by atoms with Gasteiger partial charge in [-0.15, -0.1) is 11.3 Å². The maximum atomic E-state index is 11.3. The number of hydrogen-bond donors (Lipinski definition) is 1. The Kier molecular flexibility index (Phi) is 3.45. The predicted octanol–water partition coefficient (Wildman–Crippen LogP) is 3.64. The molecule has 110 valence electrons. The molecule has 1 heterocycles. The highest BCUT2D eigenvalue weighted by Gasteiger charge is 2.33. The standard InChI is InChI=1S/C16H18N2O2S/c1-9-6-10(2)8-11(7-9)18(3)16-17-14-12(15(19)20)4-5-13(14)21-16/h6-8,12H,4-5H2,1-3H3,(H,19,20). The number of aliphatic carboxylic acids is 1. The molecular weight excluding hydrogens is 284 g/mol. The van der Waals surface area contributed by atoms with Crippen LogP contribution >= 0.6 is 11.3 Å². The molecule has 5 heteroatoms. The Morgan fingerprint density at radius 1 is 1.33 bits per heavy atom. The summed E-state index contributed by atoms with van der Waals surface area (Å²) < 4.78 is 0. The van der Waals surface area contributed by atoms with Gasteiger partial charge in [0.25, 0.3) is 0 Å². The summed E-state index contributed by atoms with van der Waals surface area (Å²) in [6.07, 6.45) is 1.50. The van der Waals surface area contributed by atoms with Gasteiger partial charge in [-0.05, 0) is 49.9 Å². The lowest BCUT2D eigenvalue weighted by Gasteiger charge is -2.17. The molecule has 21 heavy (non-hydrogen) atoms. The monoisotopic (exact) mass is 302 g/mol. The van der Waals surface area contributed by atoms with E-state index in [4.69, 9.17) is 0 Å². The number of nitrogens with zero attached hydrogens (tertiary/aromatic N) is 2. The van der Waals surface area contributed by atoms with E-state index in [2.05, 4.69) is 37.0 Å². The first-order chi connectivity index (χ1) is 9.95. The van der Waals surface area contributed by atoms with Crippen LogP contribution in [-0.2, 0) is 11.2 Å². The summed E-state index contributed by atoms with van der Waals surface area (Å²) in [5, 5.41) is 10.1. The smallest absolute Gasteiger partial charge is 0.312 e. The summed E-state index contributed by atoms with van der Waals surface area (Å²) in [5.41, 5.74) is 4.28. The molecule has 1 aliphatic carbocycles. The number of fused-ring (bicyclic) bond motifs is 1. The molecule has 2 aromatic rings. The van der Waals surface area contributed by atoms with Crippen molar-refractivity contribution in [2.45, 2.75) is 32.6 Å². The number of benzene rings is 1. The van der Waals surface area contributed by atoms with Gasteiger partial charge in [0.15, 0.2) is 5.13 Å². The molecule has 0 saturated carbocycles. The summed E-state index contributed by atoms with van der Waals surface area (Å²) in [5.74, 6) is -1.20. The van der Waals surface area contributed by atoms with Gasteiger partial charge in [-0.1, -0.05) is 6.07 Å². The number of aromatic nitrogens is 1.